The Bertz CT molecular complexity index is 1120. The molecule has 4 rings (SSSR count). The lowest BCUT2D eigenvalue weighted by atomic mass is 9.99. The highest BCUT2D eigenvalue weighted by molar-refractivity contribution is 6.08. The summed E-state index contributed by atoms with van der Waals surface area (Å²) >= 11 is 0. The van der Waals surface area contributed by atoms with Crippen molar-refractivity contribution in [2.45, 2.75) is 6.54 Å². The summed E-state index contributed by atoms with van der Waals surface area (Å²) in [6.45, 7) is 0.333. The Labute approximate surface area is 153 Å². The Balaban J connectivity index is 1.66. The van der Waals surface area contributed by atoms with Crippen molar-refractivity contribution in [1.29, 1.82) is 0 Å². The molecular weight excluding hydrogens is 350 g/mol. The fourth-order valence-electron chi connectivity index (χ4n) is 2.94. The molecule has 4 nitrogen and oxygen atoms in total. The van der Waals surface area contributed by atoms with E-state index in [9.17, 15) is 13.6 Å². The van der Waals surface area contributed by atoms with Gasteiger partial charge in [-0.1, -0.05) is 18.2 Å². The number of hydrogen-bond acceptors (Lipinski definition) is 3. The lowest BCUT2D eigenvalue weighted by Gasteiger charge is -2.09. The van der Waals surface area contributed by atoms with Gasteiger partial charge in [-0.3, -0.25) is 9.78 Å². The highest BCUT2D eigenvalue weighted by atomic mass is 19.2. The summed E-state index contributed by atoms with van der Waals surface area (Å²) in [4.78, 5) is 16.6. The number of amides is 1. The first-order valence-electron chi connectivity index (χ1n) is 8.26. The summed E-state index contributed by atoms with van der Waals surface area (Å²) in [5.74, 6) is -2.13. The van der Waals surface area contributed by atoms with Crippen LogP contribution in [0.3, 0.4) is 0 Å². The monoisotopic (exact) mass is 364 g/mol. The van der Waals surface area contributed by atoms with Crippen molar-refractivity contribution < 1.29 is 18.0 Å². The largest absolute Gasteiger partial charge is 0.463 e. The molecule has 4 aromatic rings. The van der Waals surface area contributed by atoms with Gasteiger partial charge in [-0.25, -0.2) is 8.78 Å². The minimum Gasteiger partial charge on any atom is -0.463 e. The molecular formula is C21H14F2N2O2. The van der Waals surface area contributed by atoms with Gasteiger partial charge in [0.25, 0.3) is 5.91 Å². The number of pyridine rings is 1. The number of hydrogen-bond donors (Lipinski definition) is 1. The molecule has 0 bridgehead atoms. The molecule has 6 heteroatoms. The molecule has 0 spiro atoms. The van der Waals surface area contributed by atoms with Crippen LogP contribution in [0.25, 0.3) is 22.1 Å². The van der Waals surface area contributed by atoms with Gasteiger partial charge in [-0.05, 0) is 47.0 Å². The number of aromatic nitrogens is 1. The van der Waals surface area contributed by atoms with Crippen LogP contribution in [0.5, 0.6) is 0 Å². The standard InChI is InChI=1S/C21H14F2N2O2/c22-18-6-3-14(10-19(18)23)15-4-5-17(20-16(15)7-9-27-20)21(26)25-12-13-2-1-8-24-11-13/h1-11H,12H2,(H,25,26). The molecule has 0 unspecified atom stereocenters. The molecule has 0 saturated carbocycles. The van der Waals surface area contributed by atoms with E-state index < -0.39 is 11.6 Å². The third kappa shape index (κ3) is 3.29. The molecule has 0 aliphatic carbocycles. The van der Waals surface area contributed by atoms with Gasteiger partial charge < -0.3 is 9.73 Å². The maximum Gasteiger partial charge on any atom is 0.255 e. The number of halogens is 2. The molecule has 1 amide bonds. The summed E-state index contributed by atoms with van der Waals surface area (Å²) in [6, 6.07) is 12.4. The van der Waals surface area contributed by atoms with E-state index in [1.165, 1.54) is 12.3 Å². The Hall–Kier alpha value is -3.54. The number of nitrogens with zero attached hydrogens (tertiary/aromatic N) is 1. The van der Waals surface area contributed by atoms with Crippen molar-refractivity contribution in [3.63, 3.8) is 0 Å². The van der Waals surface area contributed by atoms with E-state index in [0.29, 0.717) is 34.2 Å². The van der Waals surface area contributed by atoms with E-state index in [0.717, 1.165) is 17.7 Å². The van der Waals surface area contributed by atoms with Crippen LogP contribution < -0.4 is 5.32 Å². The van der Waals surface area contributed by atoms with Crippen molar-refractivity contribution in [2.24, 2.45) is 0 Å². The van der Waals surface area contributed by atoms with Gasteiger partial charge in [-0.15, -0.1) is 0 Å². The van der Waals surface area contributed by atoms with Crippen molar-refractivity contribution in [3.05, 3.63) is 89.9 Å². The lowest BCUT2D eigenvalue weighted by Crippen LogP contribution is -2.23. The van der Waals surface area contributed by atoms with Crippen LogP contribution in [-0.4, -0.2) is 10.9 Å². The highest BCUT2D eigenvalue weighted by Crippen LogP contribution is 2.32. The number of furan rings is 1. The molecule has 27 heavy (non-hydrogen) atoms. The first kappa shape index (κ1) is 16.9. The first-order chi connectivity index (χ1) is 13.1. The Kier molecular flexibility index (Phi) is 4.38. The second-order valence-corrected chi connectivity index (χ2v) is 6.00. The summed E-state index contributed by atoms with van der Waals surface area (Å²) in [5, 5.41) is 3.47. The smallest absolute Gasteiger partial charge is 0.255 e. The molecule has 0 radical (unpaired) electrons. The molecule has 0 fully saturated rings. The third-order valence-electron chi connectivity index (χ3n) is 4.27. The number of benzene rings is 2. The lowest BCUT2D eigenvalue weighted by molar-refractivity contribution is 0.0951. The zero-order valence-electron chi connectivity index (χ0n) is 14.1. The minimum absolute atomic E-state index is 0.296. The van der Waals surface area contributed by atoms with Gasteiger partial charge in [0.1, 0.15) is 5.58 Å². The van der Waals surface area contributed by atoms with E-state index >= 15 is 0 Å². The van der Waals surface area contributed by atoms with Gasteiger partial charge in [0.05, 0.1) is 11.8 Å². The van der Waals surface area contributed by atoms with Crippen molar-refractivity contribution in [1.82, 2.24) is 10.3 Å². The zero-order chi connectivity index (χ0) is 18.8. The Morgan fingerprint density at radius 2 is 1.96 bits per heavy atom. The van der Waals surface area contributed by atoms with Gasteiger partial charge in [0.2, 0.25) is 0 Å². The number of fused-ring (bicyclic) bond motifs is 1. The predicted molar refractivity (Wildman–Crippen MR) is 97.0 cm³/mol. The van der Waals surface area contributed by atoms with Crippen LogP contribution in [0.4, 0.5) is 8.78 Å². The van der Waals surface area contributed by atoms with Crippen molar-refractivity contribution >= 4 is 16.9 Å². The maximum atomic E-state index is 13.6. The number of rotatable bonds is 4. The molecule has 1 N–H and O–H groups in total. The fraction of sp³-hybridized carbons (Fsp3) is 0.0476. The third-order valence-corrected chi connectivity index (χ3v) is 4.27. The van der Waals surface area contributed by atoms with Crippen molar-refractivity contribution in [2.75, 3.05) is 0 Å². The SMILES string of the molecule is O=C(NCc1cccnc1)c1ccc(-c2ccc(F)c(F)c2)c2ccoc12. The quantitative estimate of drug-likeness (QED) is 0.571. The molecule has 2 aromatic heterocycles. The van der Waals surface area contributed by atoms with Crippen LogP contribution >= 0.6 is 0 Å². The van der Waals surface area contributed by atoms with Crippen LogP contribution in [0.2, 0.25) is 0 Å². The molecule has 0 aliphatic rings. The van der Waals surface area contributed by atoms with E-state index in [-0.39, 0.29) is 5.91 Å². The van der Waals surface area contributed by atoms with E-state index in [2.05, 4.69) is 10.3 Å². The van der Waals surface area contributed by atoms with Crippen LogP contribution in [0.1, 0.15) is 15.9 Å². The summed E-state index contributed by atoms with van der Waals surface area (Å²) in [7, 11) is 0. The zero-order valence-corrected chi connectivity index (χ0v) is 14.1. The Morgan fingerprint density at radius 1 is 1.07 bits per heavy atom. The van der Waals surface area contributed by atoms with Gasteiger partial charge in [0.15, 0.2) is 11.6 Å². The second-order valence-electron chi connectivity index (χ2n) is 6.00. The minimum atomic E-state index is -0.928. The van der Waals surface area contributed by atoms with Crippen molar-refractivity contribution in [3.8, 4) is 11.1 Å². The average Bonchev–Trinajstić information content (AvgIpc) is 3.18. The van der Waals surface area contributed by atoms with E-state index in [1.807, 2.05) is 6.07 Å². The predicted octanol–water partition coefficient (Wildman–Crippen LogP) is 4.70. The average molecular weight is 364 g/mol. The maximum absolute atomic E-state index is 13.6. The van der Waals surface area contributed by atoms with Gasteiger partial charge in [-0.2, -0.15) is 0 Å². The Morgan fingerprint density at radius 3 is 2.74 bits per heavy atom. The first-order valence-corrected chi connectivity index (χ1v) is 8.26. The van der Waals surface area contributed by atoms with Crippen LogP contribution in [0.15, 0.2) is 71.6 Å². The molecule has 0 aliphatic heterocycles. The number of carbonyl (C=O) groups excluding carboxylic acids is 1. The molecule has 0 saturated heterocycles. The molecule has 2 aromatic carbocycles. The number of nitrogens with one attached hydrogen (secondary N) is 1. The molecule has 0 atom stereocenters. The topological polar surface area (TPSA) is 55.1 Å². The molecule has 134 valence electrons. The summed E-state index contributed by atoms with van der Waals surface area (Å²) in [6.07, 6.45) is 4.80. The van der Waals surface area contributed by atoms with E-state index in [4.69, 9.17) is 4.42 Å². The number of carbonyl (C=O) groups is 1. The van der Waals surface area contributed by atoms with E-state index in [1.54, 1.807) is 36.7 Å². The summed E-state index contributed by atoms with van der Waals surface area (Å²) < 4.78 is 32.3. The fourth-order valence-corrected chi connectivity index (χ4v) is 2.94. The van der Waals surface area contributed by atoms with Gasteiger partial charge >= 0.3 is 0 Å². The normalized spacial score (nSPS) is 10.9. The summed E-state index contributed by atoms with van der Waals surface area (Å²) in [5.41, 5.74) is 2.79. The van der Waals surface area contributed by atoms with Gasteiger partial charge in [0, 0.05) is 24.3 Å². The van der Waals surface area contributed by atoms with Crippen LogP contribution in [-0.2, 0) is 6.54 Å². The highest BCUT2D eigenvalue weighted by Gasteiger charge is 2.16. The van der Waals surface area contributed by atoms with Crippen LogP contribution in [0, 0.1) is 11.6 Å². The molecule has 2 heterocycles. The second kappa shape index (κ2) is 6.99.